The molecule has 0 fully saturated rings. The maximum atomic E-state index is 6.64. The summed E-state index contributed by atoms with van der Waals surface area (Å²) in [5.74, 6) is 1.44. The number of furan rings is 1. The van der Waals surface area contributed by atoms with Gasteiger partial charge in [-0.2, -0.15) is 0 Å². The third kappa shape index (κ3) is 5.30. The molecule has 4 nitrogen and oxygen atoms in total. The molecule has 55 heavy (non-hydrogen) atoms. The van der Waals surface area contributed by atoms with E-state index in [0.29, 0.717) is 5.84 Å². The highest BCUT2D eigenvalue weighted by atomic mass is 16.3. The van der Waals surface area contributed by atoms with Gasteiger partial charge in [0.15, 0.2) is 5.84 Å². The zero-order valence-electron chi connectivity index (χ0n) is 29.8. The Morgan fingerprint density at radius 3 is 1.71 bits per heavy atom. The van der Waals surface area contributed by atoms with Crippen LogP contribution in [0.1, 0.15) is 22.9 Å². The molecule has 1 aromatic heterocycles. The van der Waals surface area contributed by atoms with Crippen LogP contribution in [-0.2, 0) is 0 Å². The highest BCUT2D eigenvalue weighted by Gasteiger charge is 2.24. The van der Waals surface area contributed by atoms with Crippen LogP contribution in [0.3, 0.4) is 0 Å². The highest BCUT2D eigenvalue weighted by molar-refractivity contribution is 6.26. The van der Waals surface area contributed by atoms with Crippen molar-refractivity contribution in [2.75, 3.05) is 0 Å². The van der Waals surface area contributed by atoms with Gasteiger partial charge in [-0.3, -0.25) is 0 Å². The largest absolute Gasteiger partial charge is 0.456 e. The van der Waals surface area contributed by atoms with Crippen LogP contribution in [0.2, 0.25) is 0 Å². The van der Waals surface area contributed by atoms with Crippen LogP contribution < -0.4 is 5.32 Å². The van der Waals surface area contributed by atoms with Gasteiger partial charge < -0.3 is 9.73 Å². The van der Waals surface area contributed by atoms with E-state index in [-0.39, 0.29) is 6.17 Å². The Kier molecular flexibility index (Phi) is 7.20. The summed E-state index contributed by atoms with van der Waals surface area (Å²) < 4.78 is 6.64. The molecule has 1 aliphatic rings. The van der Waals surface area contributed by atoms with Crippen LogP contribution in [0.4, 0.5) is 0 Å². The van der Waals surface area contributed by atoms with Crippen molar-refractivity contribution in [1.82, 2.24) is 5.32 Å². The number of nitrogens with zero attached hydrogens (tertiary/aromatic N) is 2. The maximum absolute atomic E-state index is 6.64. The van der Waals surface area contributed by atoms with E-state index < -0.39 is 0 Å². The molecular weight excluding hydrogens is 671 g/mol. The van der Waals surface area contributed by atoms with Gasteiger partial charge in [-0.25, -0.2) is 9.98 Å². The molecule has 0 radical (unpaired) electrons. The van der Waals surface area contributed by atoms with Crippen LogP contribution in [0.5, 0.6) is 0 Å². The highest BCUT2D eigenvalue weighted by Crippen LogP contribution is 2.39. The van der Waals surface area contributed by atoms with Gasteiger partial charge in [0.1, 0.15) is 23.2 Å². The zero-order chi connectivity index (χ0) is 36.3. The van der Waals surface area contributed by atoms with E-state index >= 15 is 0 Å². The van der Waals surface area contributed by atoms with Crippen molar-refractivity contribution in [2.45, 2.75) is 6.17 Å². The Morgan fingerprint density at radius 2 is 0.964 bits per heavy atom. The number of fused-ring (bicyclic) bond motifs is 9. The Hall–Kier alpha value is -7.30. The second-order valence-electron chi connectivity index (χ2n) is 14.2. The number of rotatable bonds is 5. The third-order valence-electron chi connectivity index (χ3n) is 10.9. The number of hydrogen-bond acceptors (Lipinski definition) is 4. The van der Waals surface area contributed by atoms with E-state index in [1.807, 2.05) is 24.3 Å². The van der Waals surface area contributed by atoms with Crippen LogP contribution in [-0.4, -0.2) is 11.7 Å². The lowest BCUT2D eigenvalue weighted by Crippen LogP contribution is -2.33. The lowest BCUT2D eigenvalue weighted by molar-refractivity contribution is 0.668. The molecule has 1 unspecified atom stereocenters. The van der Waals surface area contributed by atoms with Crippen LogP contribution >= 0.6 is 0 Å². The predicted octanol–water partition coefficient (Wildman–Crippen LogP) is 12.9. The number of benzene rings is 9. The predicted molar refractivity (Wildman–Crippen MR) is 229 cm³/mol. The van der Waals surface area contributed by atoms with E-state index in [9.17, 15) is 0 Å². The molecule has 0 aliphatic carbocycles. The lowest BCUT2D eigenvalue weighted by atomic mass is 9.92. The summed E-state index contributed by atoms with van der Waals surface area (Å²) >= 11 is 0. The topological polar surface area (TPSA) is 49.9 Å². The zero-order valence-corrected chi connectivity index (χ0v) is 29.8. The smallest absolute Gasteiger partial charge is 0.159 e. The fourth-order valence-corrected chi connectivity index (χ4v) is 8.28. The monoisotopic (exact) mass is 703 g/mol. The molecule has 11 rings (SSSR count). The summed E-state index contributed by atoms with van der Waals surface area (Å²) in [6, 6.07) is 66.3. The van der Waals surface area contributed by atoms with E-state index in [0.717, 1.165) is 66.7 Å². The minimum absolute atomic E-state index is 0.315. The van der Waals surface area contributed by atoms with E-state index in [1.54, 1.807) is 0 Å². The number of nitrogens with one attached hydrogen (secondary N) is 1. The van der Waals surface area contributed by atoms with E-state index in [4.69, 9.17) is 14.4 Å². The Morgan fingerprint density at radius 1 is 0.400 bits per heavy atom. The summed E-state index contributed by atoms with van der Waals surface area (Å²) in [5, 5.41) is 13.3. The molecule has 1 N–H and O–H groups in total. The van der Waals surface area contributed by atoms with Gasteiger partial charge in [-0.05, 0) is 90.5 Å². The molecule has 0 bridgehead atoms. The fourth-order valence-electron chi connectivity index (χ4n) is 8.28. The summed E-state index contributed by atoms with van der Waals surface area (Å²) in [7, 11) is 0. The normalized spacial score (nSPS) is 14.4. The van der Waals surface area contributed by atoms with Gasteiger partial charge in [-0.15, -0.1) is 0 Å². The van der Waals surface area contributed by atoms with E-state index in [2.05, 4.69) is 169 Å². The van der Waals surface area contributed by atoms with Crippen molar-refractivity contribution in [3.05, 3.63) is 205 Å². The van der Waals surface area contributed by atoms with Crippen molar-refractivity contribution in [3.8, 4) is 22.3 Å². The van der Waals surface area contributed by atoms with Crippen molar-refractivity contribution in [1.29, 1.82) is 0 Å². The minimum atomic E-state index is -0.315. The summed E-state index contributed by atoms with van der Waals surface area (Å²) in [6.45, 7) is 0. The second-order valence-corrected chi connectivity index (χ2v) is 14.2. The molecular formula is C51H33N3O. The minimum Gasteiger partial charge on any atom is -0.456 e. The maximum Gasteiger partial charge on any atom is 0.159 e. The second kappa shape index (κ2) is 12.7. The molecule has 4 heteroatoms. The molecule has 9 aromatic carbocycles. The Bertz CT molecular complexity index is 3140. The van der Waals surface area contributed by atoms with Gasteiger partial charge in [0, 0.05) is 21.9 Å². The average molecular weight is 704 g/mol. The van der Waals surface area contributed by atoms with Gasteiger partial charge in [0.05, 0.1) is 0 Å². The van der Waals surface area contributed by atoms with Crippen LogP contribution in [0, 0.1) is 0 Å². The molecule has 1 aliphatic heterocycles. The van der Waals surface area contributed by atoms with Crippen molar-refractivity contribution < 1.29 is 4.42 Å². The summed E-state index contributed by atoms with van der Waals surface area (Å²) in [5.41, 5.74) is 9.19. The first kappa shape index (κ1) is 31.2. The molecule has 0 saturated heterocycles. The first-order chi connectivity index (χ1) is 27.2. The third-order valence-corrected chi connectivity index (χ3v) is 10.9. The van der Waals surface area contributed by atoms with Crippen molar-refractivity contribution in [2.24, 2.45) is 9.98 Å². The summed E-state index contributed by atoms with van der Waals surface area (Å²) in [6.07, 6.45) is -0.315. The lowest BCUT2D eigenvalue weighted by Gasteiger charge is -2.24. The van der Waals surface area contributed by atoms with E-state index in [1.165, 1.54) is 32.3 Å². The molecule has 258 valence electrons. The molecule has 0 spiro atoms. The first-order valence-electron chi connectivity index (χ1n) is 18.7. The van der Waals surface area contributed by atoms with Crippen molar-refractivity contribution >= 4 is 65.9 Å². The van der Waals surface area contributed by atoms with Gasteiger partial charge >= 0.3 is 0 Å². The van der Waals surface area contributed by atoms with Gasteiger partial charge in [0.2, 0.25) is 0 Å². The Labute approximate surface area is 317 Å². The van der Waals surface area contributed by atoms with Crippen LogP contribution in [0.25, 0.3) is 76.5 Å². The SMILES string of the molecule is c1ccc(-c2cccc(C3=NC(c4ccccc4)NC(c4cccc5oc6cc(-c7ccc8c9ccccc9c9ccccc9c8c7)ccc6c45)=N3)c2)cc1. The first-order valence-corrected chi connectivity index (χ1v) is 18.7. The fraction of sp³-hybridized carbons (Fsp3) is 0.0196. The van der Waals surface area contributed by atoms with Gasteiger partial charge in [0.25, 0.3) is 0 Å². The number of aliphatic imine (C=N–C) groups is 2. The number of hydrogen-bond donors (Lipinski definition) is 1. The molecule has 1 atom stereocenters. The average Bonchev–Trinajstić information content (AvgIpc) is 3.65. The Balaban J connectivity index is 1.03. The van der Waals surface area contributed by atoms with Crippen LogP contribution in [0.15, 0.2) is 202 Å². The van der Waals surface area contributed by atoms with Crippen molar-refractivity contribution in [3.63, 3.8) is 0 Å². The molecule has 0 amide bonds. The molecule has 0 saturated carbocycles. The quantitative estimate of drug-likeness (QED) is 0.181. The summed E-state index contributed by atoms with van der Waals surface area (Å²) in [4.78, 5) is 10.4. The van der Waals surface area contributed by atoms with Gasteiger partial charge in [-0.1, -0.05) is 158 Å². The number of amidine groups is 2. The standard InChI is InChI=1S/C51H33N3O/c1-3-13-32(14-4-1)34-17-11-18-37(29-34)50-52-49(33-15-5-2-6-16-33)53-51(54-50)44-23-12-24-46-48(44)43-28-26-36(31-47(43)55-46)35-25-27-42-40-21-8-7-19-38(40)39-20-9-10-22-41(39)45(42)30-35/h1-31,49H,(H,52,53,54). The molecule has 10 aromatic rings. The molecule has 2 heterocycles.